The van der Waals surface area contributed by atoms with Crippen molar-refractivity contribution < 1.29 is 9.21 Å². The third kappa shape index (κ3) is 3.99. The summed E-state index contributed by atoms with van der Waals surface area (Å²) < 4.78 is 5.62. The highest BCUT2D eigenvalue weighted by Crippen LogP contribution is 2.29. The number of carbonyl (C=O) groups excluding carboxylic acids is 1. The highest BCUT2D eigenvalue weighted by molar-refractivity contribution is 6.42. The molecule has 2 aromatic carbocycles. The molecule has 0 aliphatic heterocycles. The summed E-state index contributed by atoms with van der Waals surface area (Å²) in [6.07, 6.45) is 0.771. The van der Waals surface area contributed by atoms with Crippen molar-refractivity contribution in [3.63, 3.8) is 0 Å². The first-order chi connectivity index (χ1) is 11.6. The first-order valence-corrected chi connectivity index (χ1v) is 8.26. The van der Waals surface area contributed by atoms with Crippen molar-refractivity contribution in [1.82, 2.24) is 5.32 Å². The fourth-order valence-corrected chi connectivity index (χ4v) is 2.61. The van der Waals surface area contributed by atoms with Gasteiger partial charge in [-0.25, -0.2) is 0 Å². The molecule has 3 aromatic rings. The lowest BCUT2D eigenvalue weighted by Gasteiger charge is -2.04. The van der Waals surface area contributed by atoms with Crippen LogP contribution in [0.5, 0.6) is 0 Å². The zero-order chi connectivity index (χ0) is 16.9. The van der Waals surface area contributed by atoms with E-state index < -0.39 is 0 Å². The molecule has 0 bridgehead atoms. The van der Waals surface area contributed by atoms with Gasteiger partial charge in [0.15, 0.2) is 5.76 Å². The molecule has 1 amide bonds. The number of hydrogen-bond donors (Lipinski definition) is 1. The normalized spacial score (nSPS) is 10.6. The van der Waals surface area contributed by atoms with Crippen LogP contribution in [0.4, 0.5) is 0 Å². The molecule has 5 heteroatoms. The van der Waals surface area contributed by atoms with E-state index in [1.165, 1.54) is 5.56 Å². The lowest BCUT2D eigenvalue weighted by Crippen LogP contribution is -2.25. The number of amides is 1. The van der Waals surface area contributed by atoms with E-state index in [4.69, 9.17) is 27.6 Å². The molecule has 0 unspecified atom stereocenters. The summed E-state index contributed by atoms with van der Waals surface area (Å²) in [7, 11) is 0. The predicted molar refractivity (Wildman–Crippen MR) is 96.6 cm³/mol. The minimum atomic E-state index is -0.239. The number of halogens is 2. The second-order valence-corrected chi connectivity index (χ2v) is 6.10. The maximum absolute atomic E-state index is 12.1. The van der Waals surface area contributed by atoms with E-state index in [-0.39, 0.29) is 11.7 Å². The van der Waals surface area contributed by atoms with Gasteiger partial charge in [-0.1, -0.05) is 53.5 Å². The Morgan fingerprint density at radius 3 is 2.50 bits per heavy atom. The summed E-state index contributed by atoms with van der Waals surface area (Å²) in [4.78, 5) is 12.1. The van der Waals surface area contributed by atoms with Crippen molar-refractivity contribution in [2.75, 3.05) is 6.54 Å². The van der Waals surface area contributed by atoms with Gasteiger partial charge >= 0.3 is 0 Å². The third-order valence-electron chi connectivity index (χ3n) is 3.58. The van der Waals surface area contributed by atoms with E-state index >= 15 is 0 Å². The fourth-order valence-electron chi connectivity index (χ4n) is 2.32. The van der Waals surface area contributed by atoms with Gasteiger partial charge in [-0.2, -0.15) is 0 Å². The minimum absolute atomic E-state index is 0.239. The van der Waals surface area contributed by atoms with Crippen LogP contribution in [0.3, 0.4) is 0 Å². The SMILES string of the molecule is O=C(NCCc1ccccc1)c1ccc(-c2ccc(Cl)c(Cl)c2)o1. The van der Waals surface area contributed by atoms with Crippen LogP contribution in [0, 0.1) is 0 Å². The molecule has 0 aliphatic rings. The Bertz CT molecular complexity index is 844. The van der Waals surface area contributed by atoms with Crippen LogP contribution in [0.1, 0.15) is 16.1 Å². The van der Waals surface area contributed by atoms with Crippen LogP contribution in [0.2, 0.25) is 10.0 Å². The molecular formula is C19H15Cl2NO2. The number of rotatable bonds is 5. The Kier molecular flexibility index (Phi) is 5.24. The number of carbonyl (C=O) groups is 1. The molecule has 0 aliphatic carbocycles. The molecule has 0 fully saturated rings. The summed E-state index contributed by atoms with van der Waals surface area (Å²) in [5, 5.41) is 3.77. The fraction of sp³-hybridized carbons (Fsp3) is 0.105. The second kappa shape index (κ2) is 7.56. The van der Waals surface area contributed by atoms with Gasteiger partial charge in [0.2, 0.25) is 0 Å². The Hall–Kier alpha value is -2.23. The first kappa shape index (κ1) is 16.6. The molecule has 1 N–H and O–H groups in total. The summed E-state index contributed by atoms with van der Waals surface area (Å²) in [6, 6.07) is 18.6. The number of furan rings is 1. The lowest BCUT2D eigenvalue weighted by molar-refractivity contribution is 0.0927. The molecule has 0 atom stereocenters. The van der Waals surface area contributed by atoms with E-state index in [9.17, 15) is 4.79 Å². The summed E-state index contributed by atoms with van der Waals surface area (Å²) in [5.41, 5.74) is 1.95. The quantitative estimate of drug-likeness (QED) is 0.677. The highest BCUT2D eigenvalue weighted by atomic mass is 35.5. The van der Waals surface area contributed by atoms with Crippen LogP contribution in [-0.4, -0.2) is 12.5 Å². The topological polar surface area (TPSA) is 42.2 Å². The molecule has 122 valence electrons. The first-order valence-electron chi connectivity index (χ1n) is 7.51. The molecule has 0 saturated heterocycles. The van der Waals surface area contributed by atoms with Gasteiger partial charge in [0.25, 0.3) is 5.91 Å². The Labute approximate surface area is 150 Å². The van der Waals surface area contributed by atoms with Crippen molar-refractivity contribution in [2.45, 2.75) is 6.42 Å². The Morgan fingerprint density at radius 1 is 0.958 bits per heavy atom. The zero-order valence-electron chi connectivity index (χ0n) is 12.8. The van der Waals surface area contributed by atoms with Gasteiger partial charge in [-0.15, -0.1) is 0 Å². The van der Waals surface area contributed by atoms with Crippen LogP contribution in [0.15, 0.2) is 65.1 Å². The maximum atomic E-state index is 12.1. The van der Waals surface area contributed by atoms with Crippen LogP contribution < -0.4 is 5.32 Å². The van der Waals surface area contributed by atoms with Crippen LogP contribution in [0.25, 0.3) is 11.3 Å². The summed E-state index contributed by atoms with van der Waals surface area (Å²) in [6.45, 7) is 0.547. The van der Waals surface area contributed by atoms with E-state index in [0.29, 0.717) is 22.4 Å². The molecule has 1 aromatic heterocycles. The van der Waals surface area contributed by atoms with Crippen molar-refractivity contribution in [3.8, 4) is 11.3 Å². The van der Waals surface area contributed by atoms with Gasteiger partial charge in [-0.05, 0) is 42.3 Å². The predicted octanol–water partition coefficient (Wildman–Crippen LogP) is 5.23. The van der Waals surface area contributed by atoms with E-state index in [2.05, 4.69) is 5.32 Å². The van der Waals surface area contributed by atoms with Crippen molar-refractivity contribution >= 4 is 29.1 Å². The van der Waals surface area contributed by atoms with Gasteiger partial charge in [-0.3, -0.25) is 4.79 Å². The number of benzene rings is 2. The van der Waals surface area contributed by atoms with Gasteiger partial charge in [0.1, 0.15) is 5.76 Å². The smallest absolute Gasteiger partial charge is 0.287 e. The molecule has 0 radical (unpaired) electrons. The van der Waals surface area contributed by atoms with Crippen molar-refractivity contribution in [1.29, 1.82) is 0 Å². The number of hydrogen-bond acceptors (Lipinski definition) is 2. The molecule has 1 heterocycles. The van der Waals surface area contributed by atoms with Gasteiger partial charge in [0, 0.05) is 12.1 Å². The van der Waals surface area contributed by atoms with Gasteiger partial charge in [0.05, 0.1) is 10.0 Å². The summed E-state index contributed by atoms with van der Waals surface area (Å²) >= 11 is 11.9. The third-order valence-corrected chi connectivity index (χ3v) is 4.31. The average Bonchev–Trinajstić information content (AvgIpc) is 3.08. The highest BCUT2D eigenvalue weighted by Gasteiger charge is 2.12. The largest absolute Gasteiger partial charge is 0.451 e. The lowest BCUT2D eigenvalue weighted by atomic mass is 10.1. The maximum Gasteiger partial charge on any atom is 0.287 e. The van der Waals surface area contributed by atoms with Gasteiger partial charge < -0.3 is 9.73 Å². The minimum Gasteiger partial charge on any atom is -0.451 e. The molecule has 0 spiro atoms. The molecule has 3 nitrogen and oxygen atoms in total. The molecular weight excluding hydrogens is 345 g/mol. The Balaban J connectivity index is 1.62. The van der Waals surface area contributed by atoms with Crippen LogP contribution in [-0.2, 0) is 6.42 Å². The Morgan fingerprint density at radius 2 is 1.75 bits per heavy atom. The van der Waals surface area contributed by atoms with E-state index in [0.717, 1.165) is 12.0 Å². The van der Waals surface area contributed by atoms with Crippen molar-refractivity contribution in [2.24, 2.45) is 0 Å². The van der Waals surface area contributed by atoms with Crippen LogP contribution >= 0.6 is 23.2 Å². The molecule has 3 rings (SSSR count). The monoisotopic (exact) mass is 359 g/mol. The second-order valence-electron chi connectivity index (χ2n) is 5.28. The molecule has 0 saturated carbocycles. The zero-order valence-corrected chi connectivity index (χ0v) is 14.3. The standard InChI is InChI=1S/C19H15Cl2NO2/c20-15-7-6-14(12-16(15)21)17-8-9-18(24-17)19(23)22-11-10-13-4-2-1-3-5-13/h1-9,12H,10-11H2,(H,22,23). The average molecular weight is 360 g/mol. The van der Waals surface area contributed by atoms with Crippen molar-refractivity contribution in [3.05, 3.63) is 82.0 Å². The number of nitrogens with one attached hydrogen (secondary N) is 1. The van der Waals surface area contributed by atoms with E-state index in [1.54, 1.807) is 30.3 Å². The molecule has 24 heavy (non-hydrogen) atoms. The van der Waals surface area contributed by atoms with E-state index in [1.807, 2.05) is 30.3 Å². The summed E-state index contributed by atoms with van der Waals surface area (Å²) in [5.74, 6) is 0.600.